The standard InChI is InChI=1S/C18H30GeO/c1-5-19(6-2,7-3)15-11-12-17(4)20-16-18-13-9-8-10-14-18/h8-14,17H,5-7,15-16H2,1-4H3/b12-11+/t17-/m0/s1. The predicted molar refractivity (Wildman–Crippen MR) is 91.8 cm³/mol. The van der Waals surface area contributed by atoms with Gasteiger partial charge in [0.1, 0.15) is 0 Å². The molecule has 1 nitrogen and oxygen atoms in total. The van der Waals surface area contributed by atoms with Crippen molar-refractivity contribution < 1.29 is 4.74 Å². The summed E-state index contributed by atoms with van der Waals surface area (Å²) in [6.45, 7) is 9.99. The second-order valence-electron chi connectivity index (χ2n) is 5.69. The number of ether oxygens (including phenoxy) is 1. The van der Waals surface area contributed by atoms with Crippen LogP contribution < -0.4 is 0 Å². The van der Waals surface area contributed by atoms with Gasteiger partial charge in [-0.3, -0.25) is 0 Å². The second kappa shape index (κ2) is 9.41. The summed E-state index contributed by atoms with van der Waals surface area (Å²) in [6, 6.07) is 10.4. The molecule has 0 bridgehead atoms. The molecule has 0 heterocycles. The van der Waals surface area contributed by atoms with E-state index in [1.165, 1.54) is 26.6 Å². The first-order valence-electron chi connectivity index (χ1n) is 7.98. The first kappa shape index (κ1) is 17.5. The van der Waals surface area contributed by atoms with Crippen LogP contribution in [0.2, 0.25) is 21.0 Å². The van der Waals surface area contributed by atoms with Crippen LogP contribution in [0, 0.1) is 0 Å². The van der Waals surface area contributed by atoms with E-state index in [4.69, 9.17) is 4.74 Å². The number of rotatable bonds is 9. The summed E-state index contributed by atoms with van der Waals surface area (Å²) < 4.78 is 5.88. The van der Waals surface area contributed by atoms with Gasteiger partial charge in [0, 0.05) is 0 Å². The van der Waals surface area contributed by atoms with Crippen LogP contribution in [-0.4, -0.2) is 19.4 Å². The van der Waals surface area contributed by atoms with E-state index in [0.717, 1.165) is 0 Å². The van der Waals surface area contributed by atoms with Crippen LogP contribution >= 0.6 is 0 Å². The van der Waals surface area contributed by atoms with E-state index in [2.05, 4.69) is 64.1 Å². The van der Waals surface area contributed by atoms with E-state index in [1.54, 1.807) is 0 Å². The molecule has 0 spiro atoms. The topological polar surface area (TPSA) is 9.23 Å². The Balaban J connectivity index is 2.38. The fourth-order valence-corrected chi connectivity index (χ4v) is 8.85. The van der Waals surface area contributed by atoms with Crippen LogP contribution in [-0.2, 0) is 11.3 Å². The van der Waals surface area contributed by atoms with Crippen molar-refractivity contribution in [1.82, 2.24) is 0 Å². The molecule has 0 amide bonds. The van der Waals surface area contributed by atoms with E-state index >= 15 is 0 Å². The van der Waals surface area contributed by atoms with Gasteiger partial charge >= 0.3 is 127 Å². The van der Waals surface area contributed by atoms with Crippen LogP contribution in [0.5, 0.6) is 0 Å². The molecule has 1 aromatic carbocycles. The predicted octanol–water partition coefficient (Wildman–Crippen LogP) is 5.66. The van der Waals surface area contributed by atoms with E-state index in [-0.39, 0.29) is 6.10 Å². The van der Waals surface area contributed by atoms with Crippen LogP contribution in [0.25, 0.3) is 0 Å². The number of hydrogen-bond donors (Lipinski definition) is 0. The molecule has 0 N–H and O–H groups in total. The Bertz CT molecular complexity index is 373. The average molecular weight is 335 g/mol. The van der Waals surface area contributed by atoms with E-state index in [1.807, 2.05) is 6.07 Å². The molecule has 112 valence electrons. The van der Waals surface area contributed by atoms with Crippen molar-refractivity contribution in [3.63, 3.8) is 0 Å². The van der Waals surface area contributed by atoms with Crippen LogP contribution in [0.4, 0.5) is 0 Å². The Hall–Kier alpha value is -0.537. The van der Waals surface area contributed by atoms with Gasteiger partial charge in [-0.2, -0.15) is 0 Å². The quantitative estimate of drug-likeness (QED) is 0.418. The molecule has 0 aliphatic rings. The Labute approximate surface area is 127 Å². The molecule has 0 aliphatic carbocycles. The zero-order valence-corrected chi connectivity index (χ0v) is 15.7. The van der Waals surface area contributed by atoms with Gasteiger partial charge < -0.3 is 0 Å². The van der Waals surface area contributed by atoms with Crippen LogP contribution in [0.15, 0.2) is 42.5 Å². The third-order valence-corrected chi connectivity index (χ3v) is 16.3. The molecule has 1 atom stereocenters. The van der Waals surface area contributed by atoms with Crippen LogP contribution in [0.1, 0.15) is 33.3 Å². The Morgan fingerprint density at radius 3 is 2.20 bits per heavy atom. The summed E-state index contributed by atoms with van der Waals surface area (Å²) >= 11 is -1.54. The molecule has 0 aliphatic heterocycles. The average Bonchev–Trinajstić information content (AvgIpc) is 2.51. The normalized spacial score (nSPS) is 13.8. The minimum absolute atomic E-state index is 0.209. The molecule has 0 unspecified atom stereocenters. The van der Waals surface area contributed by atoms with Crippen molar-refractivity contribution in [1.29, 1.82) is 0 Å². The van der Waals surface area contributed by atoms with Gasteiger partial charge in [-0.15, -0.1) is 0 Å². The third kappa shape index (κ3) is 5.84. The first-order chi connectivity index (χ1) is 9.65. The molecular formula is C18H30GeO. The monoisotopic (exact) mass is 336 g/mol. The third-order valence-electron chi connectivity index (χ3n) is 4.56. The van der Waals surface area contributed by atoms with E-state index in [0.29, 0.717) is 6.61 Å². The molecular weight excluding hydrogens is 305 g/mol. The fraction of sp³-hybridized carbons (Fsp3) is 0.556. The first-order valence-corrected chi connectivity index (χ1v) is 13.9. The van der Waals surface area contributed by atoms with Gasteiger partial charge in [0.05, 0.1) is 0 Å². The minimum atomic E-state index is -1.54. The van der Waals surface area contributed by atoms with Crippen LogP contribution in [0.3, 0.4) is 0 Å². The summed E-state index contributed by atoms with van der Waals surface area (Å²) in [7, 11) is 0. The molecule has 0 fully saturated rings. The summed E-state index contributed by atoms with van der Waals surface area (Å²) in [5, 5.41) is 5.67. The summed E-state index contributed by atoms with van der Waals surface area (Å²) in [6.07, 6.45) is 4.86. The van der Waals surface area contributed by atoms with Gasteiger partial charge in [0.25, 0.3) is 0 Å². The van der Waals surface area contributed by atoms with Gasteiger partial charge in [0.2, 0.25) is 0 Å². The summed E-state index contributed by atoms with van der Waals surface area (Å²) in [5.74, 6) is 0. The van der Waals surface area contributed by atoms with Gasteiger partial charge in [-0.1, -0.05) is 0 Å². The maximum absolute atomic E-state index is 5.88. The number of allylic oxidation sites excluding steroid dienone is 1. The Morgan fingerprint density at radius 1 is 1.05 bits per heavy atom. The molecule has 1 aromatic rings. The molecule has 2 heteroatoms. The molecule has 0 saturated heterocycles. The van der Waals surface area contributed by atoms with E-state index in [9.17, 15) is 0 Å². The summed E-state index contributed by atoms with van der Waals surface area (Å²) in [4.78, 5) is 0. The van der Waals surface area contributed by atoms with Gasteiger partial charge in [-0.25, -0.2) is 0 Å². The zero-order valence-electron chi connectivity index (χ0n) is 13.6. The second-order valence-corrected chi connectivity index (χ2v) is 17.3. The van der Waals surface area contributed by atoms with Gasteiger partial charge in [0.15, 0.2) is 0 Å². The van der Waals surface area contributed by atoms with Crippen molar-refractivity contribution >= 4 is 13.3 Å². The van der Waals surface area contributed by atoms with Crippen molar-refractivity contribution in [3.05, 3.63) is 48.0 Å². The maximum atomic E-state index is 5.88. The SMILES string of the molecule is C[CH2][Ge]([CH2]C)([CH2]C)[CH2]/C=C/[C@H](C)OCc1ccccc1. The molecule has 0 radical (unpaired) electrons. The van der Waals surface area contributed by atoms with Crippen molar-refractivity contribution in [2.24, 2.45) is 0 Å². The number of hydrogen-bond acceptors (Lipinski definition) is 1. The molecule has 0 saturated carbocycles. The Morgan fingerprint density at radius 2 is 1.65 bits per heavy atom. The summed E-state index contributed by atoms with van der Waals surface area (Å²) in [5.41, 5.74) is 1.25. The molecule has 20 heavy (non-hydrogen) atoms. The van der Waals surface area contributed by atoms with Crippen molar-refractivity contribution in [2.75, 3.05) is 0 Å². The van der Waals surface area contributed by atoms with Crippen molar-refractivity contribution in [2.45, 2.75) is 61.4 Å². The van der Waals surface area contributed by atoms with Crippen molar-refractivity contribution in [3.8, 4) is 0 Å². The zero-order chi connectivity index (χ0) is 14.8. The van der Waals surface area contributed by atoms with Gasteiger partial charge in [-0.05, 0) is 0 Å². The van der Waals surface area contributed by atoms with E-state index < -0.39 is 13.3 Å². The Kier molecular flexibility index (Phi) is 8.24. The fourth-order valence-electron chi connectivity index (χ4n) is 2.55. The molecule has 1 rings (SSSR count). The molecule has 0 aromatic heterocycles. The number of benzene rings is 1.